The molecule has 1 fully saturated rings. The molecule has 1 saturated carbocycles. The SMILES string of the molecule is CC(C)c1ccc2c(c1O)CC[C@@H]1C(C)(C)C(=O)CC[C@]21C. The minimum atomic E-state index is -0.253. The standard InChI is InChI=1S/C20H28O2/c1-12(2)13-6-8-15-14(18(13)22)7-9-16-19(3,4)17(21)10-11-20(15,16)5/h6,8,12,16,22H,7,9-11H2,1-5H3/t16-,20-/m1/s1. The smallest absolute Gasteiger partial charge is 0.138 e. The average molecular weight is 300 g/mol. The van der Waals surface area contributed by atoms with Gasteiger partial charge in [-0.1, -0.05) is 46.8 Å². The quantitative estimate of drug-likeness (QED) is 0.814. The van der Waals surface area contributed by atoms with Gasteiger partial charge in [0, 0.05) is 11.8 Å². The number of hydrogen-bond donors (Lipinski definition) is 1. The second-order valence-electron chi connectivity index (χ2n) is 8.34. The van der Waals surface area contributed by atoms with E-state index in [0.717, 1.165) is 30.4 Å². The van der Waals surface area contributed by atoms with Crippen LogP contribution in [0.3, 0.4) is 0 Å². The van der Waals surface area contributed by atoms with Gasteiger partial charge in [-0.05, 0) is 53.2 Å². The Hall–Kier alpha value is -1.31. The maximum atomic E-state index is 12.4. The molecule has 0 aromatic heterocycles. The molecule has 0 saturated heterocycles. The Labute approximate surface area is 133 Å². The normalized spacial score (nSPS) is 30.1. The number of ketones is 1. The average Bonchev–Trinajstić information content (AvgIpc) is 2.44. The van der Waals surface area contributed by atoms with E-state index in [-0.39, 0.29) is 10.8 Å². The highest BCUT2D eigenvalue weighted by Gasteiger charge is 2.53. The first-order chi connectivity index (χ1) is 10.2. The van der Waals surface area contributed by atoms with Crippen LogP contribution in [0.2, 0.25) is 0 Å². The van der Waals surface area contributed by atoms with E-state index in [4.69, 9.17) is 0 Å². The number of benzene rings is 1. The van der Waals surface area contributed by atoms with Crippen molar-refractivity contribution >= 4 is 5.78 Å². The van der Waals surface area contributed by atoms with Crippen LogP contribution in [0.5, 0.6) is 5.75 Å². The number of fused-ring (bicyclic) bond motifs is 3. The van der Waals surface area contributed by atoms with Gasteiger partial charge in [0.2, 0.25) is 0 Å². The van der Waals surface area contributed by atoms with Crippen LogP contribution in [-0.2, 0) is 16.6 Å². The molecule has 22 heavy (non-hydrogen) atoms. The summed E-state index contributed by atoms with van der Waals surface area (Å²) < 4.78 is 0. The van der Waals surface area contributed by atoms with E-state index in [1.807, 2.05) is 0 Å². The molecule has 0 amide bonds. The first-order valence-electron chi connectivity index (χ1n) is 8.58. The van der Waals surface area contributed by atoms with Crippen molar-refractivity contribution < 1.29 is 9.90 Å². The summed E-state index contributed by atoms with van der Waals surface area (Å²) in [7, 11) is 0. The summed E-state index contributed by atoms with van der Waals surface area (Å²) in [6.07, 6.45) is 3.45. The van der Waals surface area contributed by atoms with Crippen LogP contribution in [0.4, 0.5) is 0 Å². The summed E-state index contributed by atoms with van der Waals surface area (Å²) in [4.78, 5) is 12.4. The van der Waals surface area contributed by atoms with Crippen LogP contribution >= 0.6 is 0 Å². The fraction of sp³-hybridized carbons (Fsp3) is 0.650. The van der Waals surface area contributed by atoms with Crippen molar-refractivity contribution in [3.05, 3.63) is 28.8 Å². The van der Waals surface area contributed by atoms with Crippen LogP contribution in [-0.4, -0.2) is 10.9 Å². The number of phenols is 1. The number of carbonyl (C=O) groups is 1. The minimum absolute atomic E-state index is 0.0119. The zero-order valence-electron chi connectivity index (χ0n) is 14.5. The molecule has 1 N–H and O–H groups in total. The zero-order chi connectivity index (χ0) is 16.3. The molecule has 0 bridgehead atoms. The van der Waals surface area contributed by atoms with Gasteiger partial charge < -0.3 is 5.11 Å². The summed E-state index contributed by atoms with van der Waals surface area (Å²) >= 11 is 0. The second-order valence-corrected chi connectivity index (χ2v) is 8.34. The lowest BCUT2D eigenvalue weighted by Crippen LogP contribution is -2.52. The predicted molar refractivity (Wildman–Crippen MR) is 89.4 cm³/mol. The van der Waals surface area contributed by atoms with Crippen molar-refractivity contribution in [2.45, 2.75) is 71.6 Å². The second kappa shape index (κ2) is 4.84. The van der Waals surface area contributed by atoms with E-state index in [9.17, 15) is 9.90 Å². The van der Waals surface area contributed by atoms with Gasteiger partial charge in [0.25, 0.3) is 0 Å². The molecule has 2 aliphatic rings. The summed E-state index contributed by atoms with van der Waals surface area (Å²) in [5.41, 5.74) is 3.22. The van der Waals surface area contributed by atoms with Crippen molar-refractivity contribution in [3.8, 4) is 5.75 Å². The summed E-state index contributed by atoms with van der Waals surface area (Å²) in [5.74, 6) is 1.61. The van der Waals surface area contributed by atoms with E-state index in [1.54, 1.807) is 0 Å². The monoisotopic (exact) mass is 300 g/mol. The van der Waals surface area contributed by atoms with Crippen LogP contribution in [0, 0.1) is 11.3 Å². The summed E-state index contributed by atoms with van der Waals surface area (Å²) in [5, 5.41) is 10.7. The van der Waals surface area contributed by atoms with Crippen molar-refractivity contribution in [2.24, 2.45) is 11.3 Å². The Morgan fingerprint density at radius 2 is 1.86 bits per heavy atom. The van der Waals surface area contributed by atoms with Crippen molar-refractivity contribution in [1.82, 2.24) is 0 Å². The van der Waals surface area contributed by atoms with Crippen LogP contribution in [0.1, 0.15) is 76.5 Å². The molecule has 1 aromatic rings. The maximum Gasteiger partial charge on any atom is 0.138 e. The molecule has 0 aliphatic heterocycles. The van der Waals surface area contributed by atoms with E-state index >= 15 is 0 Å². The molecule has 1 aromatic carbocycles. The third-order valence-electron chi connectivity index (χ3n) is 6.46. The third kappa shape index (κ3) is 1.96. The summed E-state index contributed by atoms with van der Waals surface area (Å²) in [6, 6.07) is 4.32. The van der Waals surface area contributed by atoms with Crippen LogP contribution in [0.25, 0.3) is 0 Å². The van der Waals surface area contributed by atoms with Gasteiger partial charge in [0.1, 0.15) is 11.5 Å². The molecule has 0 radical (unpaired) electrons. The highest BCUT2D eigenvalue weighted by molar-refractivity contribution is 5.86. The van der Waals surface area contributed by atoms with Gasteiger partial charge in [0.05, 0.1) is 0 Å². The van der Waals surface area contributed by atoms with Gasteiger partial charge in [-0.3, -0.25) is 4.79 Å². The maximum absolute atomic E-state index is 12.4. The molecule has 2 atom stereocenters. The fourth-order valence-corrected chi connectivity index (χ4v) is 5.06. The van der Waals surface area contributed by atoms with E-state index in [0.29, 0.717) is 29.8 Å². The third-order valence-corrected chi connectivity index (χ3v) is 6.46. The Morgan fingerprint density at radius 3 is 2.50 bits per heavy atom. The fourth-order valence-electron chi connectivity index (χ4n) is 5.06. The lowest BCUT2D eigenvalue weighted by atomic mass is 9.50. The Bertz CT molecular complexity index is 627. The first kappa shape index (κ1) is 15.6. The molecule has 0 heterocycles. The van der Waals surface area contributed by atoms with Crippen molar-refractivity contribution in [2.75, 3.05) is 0 Å². The van der Waals surface area contributed by atoms with Crippen molar-refractivity contribution in [3.63, 3.8) is 0 Å². The number of aromatic hydroxyl groups is 1. The van der Waals surface area contributed by atoms with Gasteiger partial charge in [-0.2, -0.15) is 0 Å². The molecule has 3 rings (SSSR count). The molecule has 2 nitrogen and oxygen atoms in total. The highest BCUT2D eigenvalue weighted by atomic mass is 16.3. The predicted octanol–water partition coefficient (Wildman–Crippen LogP) is 4.72. The zero-order valence-corrected chi connectivity index (χ0v) is 14.5. The number of rotatable bonds is 1. The number of carbonyl (C=O) groups excluding carboxylic acids is 1. The molecule has 0 spiro atoms. The van der Waals surface area contributed by atoms with E-state index in [2.05, 4.69) is 46.8 Å². The van der Waals surface area contributed by atoms with Crippen molar-refractivity contribution in [1.29, 1.82) is 0 Å². The van der Waals surface area contributed by atoms with Gasteiger partial charge in [0.15, 0.2) is 0 Å². The minimum Gasteiger partial charge on any atom is -0.507 e. The van der Waals surface area contributed by atoms with Gasteiger partial charge >= 0.3 is 0 Å². The lowest BCUT2D eigenvalue weighted by Gasteiger charge is -2.53. The van der Waals surface area contributed by atoms with E-state index < -0.39 is 0 Å². The lowest BCUT2D eigenvalue weighted by molar-refractivity contribution is -0.137. The number of Topliss-reactive ketones (excluding diaryl/α,β-unsaturated/α-hetero) is 1. The van der Waals surface area contributed by atoms with Gasteiger partial charge in [-0.15, -0.1) is 0 Å². The molecule has 120 valence electrons. The largest absolute Gasteiger partial charge is 0.507 e. The number of hydrogen-bond acceptors (Lipinski definition) is 2. The highest BCUT2D eigenvalue weighted by Crippen LogP contribution is 2.57. The Balaban J connectivity index is 2.14. The molecular weight excluding hydrogens is 272 g/mol. The number of phenolic OH excluding ortho intramolecular Hbond substituents is 1. The molecule has 0 unspecified atom stereocenters. The molecule has 2 heteroatoms. The Morgan fingerprint density at radius 1 is 1.18 bits per heavy atom. The van der Waals surface area contributed by atoms with E-state index in [1.165, 1.54) is 5.56 Å². The molecule has 2 aliphatic carbocycles. The Kier molecular flexibility index (Phi) is 3.43. The van der Waals surface area contributed by atoms with Crippen LogP contribution < -0.4 is 0 Å². The first-order valence-corrected chi connectivity index (χ1v) is 8.58. The van der Waals surface area contributed by atoms with Crippen LogP contribution in [0.15, 0.2) is 12.1 Å². The summed E-state index contributed by atoms with van der Waals surface area (Å²) in [6.45, 7) is 10.8. The topological polar surface area (TPSA) is 37.3 Å². The van der Waals surface area contributed by atoms with Gasteiger partial charge in [-0.25, -0.2) is 0 Å². The molecular formula is C20H28O2.